The van der Waals surface area contributed by atoms with Gasteiger partial charge in [-0.25, -0.2) is 0 Å². The topological polar surface area (TPSA) is 69.4 Å². The van der Waals surface area contributed by atoms with E-state index in [1.807, 2.05) is 0 Å². The van der Waals surface area contributed by atoms with Crippen molar-refractivity contribution in [1.29, 1.82) is 0 Å². The molecule has 0 aliphatic heterocycles. The minimum Gasteiger partial charge on any atom is -0.457 e. The van der Waals surface area contributed by atoms with E-state index < -0.39 is 11.0 Å². The van der Waals surface area contributed by atoms with Crippen LogP contribution in [-0.2, 0) is 9.53 Å². The van der Waals surface area contributed by atoms with Gasteiger partial charge in [0.05, 0.1) is 4.92 Å². The van der Waals surface area contributed by atoms with Crippen molar-refractivity contribution in [3.63, 3.8) is 0 Å². The SMILES string of the molecule is CCC(=O)OC(c1ccc(Cl)c([N+](=O)[O-])c1)C1CCCC1. The number of nitrogens with zero attached hydrogens (tertiary/aromatic N) is 1. The molecule has 6 heteroatoms. The van der Waals surface area contributed by atoms with Crippen LogP contribution in [0, 0.1) is 16.0 Å². The van der Waals surface area contributed by atoms with E-state index in [0.29, 0.717) is 12.0 Å². The maximum absolute atomic E-state index is 11.7. The van der Waals surface area contributed by atoms with E-state index in [1.165, 1.54) is 12.1 Å². The van der Waals surface area contributed by atoms with E-state index in [4.69, 9.17) is 16.3 Å². The van der Waals surface area contributed by atoms with Crippen LogP contribution in [0.3, 0.4) is 0 Å². The van der Waals surface area contributed by atoms with Gasteiger partial charge in [0, 0.05) is 18.4 Å². The number of nitro groups is 1. The molecule has 0 spiro atoms. The van der Waals surface area contributed by atoms with Crippen molar-refractivity contribution in [2.75, 3.05) is 0 Å². The molecule has 0 bridgehead atoms. The first kappa shape index (κ1) is 15.8. The van der Waals surface area contributed by atoms with Gasteiger partial charge in [0.15, 0.2) is 0 Å². The molecule has 5 nitrogen and oxygen atoms in total. The molecule has 0 saturated heterocycles. The van der Waals surface area contributed by atoms with Gasteiger partial charge in [-0.15, -0.1) is 0 Å². The standard InChI is InChI=1S/C15H18ClNO4/c1-2-14(18)21-15(10-5-3-4-6-10)11-7-8-12(16)13(9-11)17(19)20/h7-10,15H,2-6H2,1H3. The van der Waals surface area contributed by atoms with Crippen molar-refractivity contribution in [1.82, 2.24) is 0 Å². The maximum atomic E-state index is 11.7. The molecule has 1 fully saturated rings. The Kier molecular flexibility index (Phi) is 5.17. The minimum atomic E-state index is -0.515. The Hall–Kier alpha value is -1.62. The van der Waals surface area contributed by atoms with Crippen LogP contribution in [-0.4, -0.2) is 10.9 Å². The number of esters is 1. The lowest BCUT2D eigenvalue weighted by Crippen LogP contribution is -2.17. The van der Waals surface area contributed by atoms with Crippen LogP contribution in [0.2, 0.25) is 5.02 Å². The van der Waals surface area contributed by atoms with Crippen molar-refractivity contribution >= 4 is 23.3 Å². The van der Waals surface area contributed by atoms with Gasteiger partial charge in [-0.05, 0) is 24.5 Å². The lowest BCUT2D eigenvalue weighted by atomic mass is 9.94. The van der Waals surface area contributed by atoms with Gasteiger partial charge in [0.1, 0.15) is 11.1 Å². The summed E-state index contributed by atoms with van der Waals surface area (Å²) >= 11 is 5.84. The fourth-order valence-electron chi connectivity index (χ4n) is 2.77. The van der Waals surface area contributed by atoms with E-state index in [0.717, 1.165) is 25.7 Å². The van der Waals surface area contributed by atoms with E-state index in [2.05, 4.69) is 0 Å². The Morgan fingerprint density at radius 1 is 1.48 bits per heavy atom. The van der Waals surface area contributed by atoms with Crippen molar-refractivity contribution in [3.05, 3.63) is 38.9 Å². The van der Waals surface area contributed by atoms with E-state index in [-0.39, 0.29) is 22.6 Å². The molecule has 1 aromatic carbocycles. The summed E-state index contributed by atoms with van der Waals surface area (Å²) in [6, 6.07) is 4.63. The smallest absolute Gasteiger partial charge is 0.306 e. The molecule has 2 rings (SSSR count). The predicted molar refractivity (Wildman–Crippen MR) is 79.2 cm³/mol. The average Bonchev–Trinajstić information content (AvgIpc) is 2.98. The Morgan fingerprint density at radius 3 is 2.71 bits per heavy atom. The Labute approximate surface area is 128 Å². The van der Waals surface area contributed by atoms with Gasteiger partial charge >= 0.3 is 5.97 Å². The molecule has 21 heavy (non-hydrogen) atoms. The lowest BCUT2D eigenvalue weighted by Gasteiger charge is -2.24. The quantitative estimate of drug-likeness (QED) is 0.458. The van der Waals surface area contributed by atoms with Crippen LogP contribution < -0.4 is 0 Å². The number of hydrogen-bond donors (Lipinski definition) is 0. The highest BCUT2D eigenvalue weighted by molar-refractivity contribution is 6.32. The highest BCUT2D eigenvalue weighted by Crippen LogP contribution is 2.40. The number of ether oxygens (including phenoxy) is 1. The first-order valence-corrected chi connectivity index (χ1v) is 7.54. The molecule has 1 aromatic rings. The van der Waals surface area contributed by atoms with Gasteiger partial charge in [-0.2, -0.15) is 0 Å². The fourth-order valence-corrected chi connectivity index (χ4v) is 2.95. The summed E-state index contributed by atoms with van der Waals surface area (Å²) in [7, 11) is 0. The van der Waals surface area contributed by atoms with Crippen molar-refractivity contribution < 1.29 is 14.5 Å². The average molecular weight is 312 g/mol. The maximum Gasteiger partial charge on any atom is 0.306 e. The number of rotatable bonds is 5. The predicted octanol–water partition coefficient (Wildman–Crippen LogP) is 4.43. The Balaban J connectivity index is 2.33. The third-order valence-corrected chi connectivity index (χ3v) is 4.19. The zero-order valence-corrected chi connectivity index (χ0v) is 12.6. The second kappa shape index (κ2) is 6.89. The summed E-state index contributed by atoms with van der Waals surface area (Å²) in [4.78, 5) is 22.2. The summed E-state index contributed by atoms with van der Waals surface area (Å²) in [5.74, 6) is -0.0641. The molecule has 1 atom stereocenters. The van der Waals surface area contributed by atoms with E-state index >= 15 is 0 Å². The summed E-state index contributed by atoms with van der Waals surface area (Å²) < 4.78 is 5.54. The Bertz CT molecular complexity index is 540. The number of halogens is 1. The lowest BCUT2D eigenvalue weighted by molar-refractivity contribution is -0.384. The third kappa shape index (κ3) is 3.73. The second-order valence-electron chi connectivity index (χ2n) is 5.28. The molecule has 0 radical (unpaired) electrons. The first-order valence-electron chi connectivity index (χ1n) is 7.16. The van der Waals surface area contributed by atoms with E-state index in [9.17, 15) is 14.9 Å². The zero-order valence-electron chi connectivity index (χ0n) is 11.9. The fraction of sp³-hybridized carbons (Fsp3) is 0.533. The molecule has 0 amide bonds. The van der Waals surface area contributed by atoms with Crippen LogP contribution in [0.5, 0.6) is 0 Å². The molecule has 1 aliphatic rings. The van der Waals surface area contributed by atoms with Crippen LogP contribution in [0.15, 0.2) is 18.2 Å². The summed E-state index contributed by atoms with van der Waals surface area (Å²) in [6.07, 6.45) is 4.01. The molecule has 1 unspecified atom stereocenters. The molecule has 0 N–H and O–H groups in total. The third-order valence-electron chi connectivity index (χ3n) is 3.87. The van der Waals surface area contributed by atoms with Gasteiger partial charge in [-0.1, -0.05) is 37.4 Å². The number of nitro benzene ring substituents is 1. The van der Waals surface area contributed by atoms with Crippen molar-refractivity contribution in [2.24, 2.45) is 5.92 Å². The normalized spacial score (nSPS) is 16.7. The molecule has 0 aromatic heterocycles. The second-order valence-corrected chi connectivity index (χ2v) is 5.68. The molecular formula is C15H18ClNO4. The molecule has 1 aliphatic carbocycles. The van der Waals surface area contributed by atoms with Gasteiger partial charge in [0.2, 0.25) is 0 Å². The highest BCUT2D eigenvalue weighted by atomic mass is 35.5. The van der Waals surface area contributed by atoms with Gasteiger partial charge in [-0.3, -0.25) is 14.9 Å². The van der Waals surface area contributed by atoms with E-state index in [1.54, 1.807) is 13.0 Å². The minimum absolute atomic E-state index is 0.0933. The summed E-state index contributed by atoms with van der Waals surface area (Å²) in [5.41, 5.74) is 0.504. The van der Waals surface area contributed by atoms with Crippen LogP contribution >= 0.6 is 11.6 Å². The van der Waals surface area contributed by atoms with Crippen LogP contribution in [0.4, 0.5) is 5.69 Å². The van der Waals surface area contributed by atoms with Gasteiger partial charge < -0.3 is 4.74 Å². The number of benzene rings is 1. The largest absolute Gasteiger partial charge is 0.457 e. The monoisotopic (exact) mass is 311 g/mol. The van der Waals surface area contributed by atoms with Crippen molar-refractivity contribution in [2.45, 2.75) is 45.1 Å². The molecule has 1 saturated carbocycles. The van der Waals surface area contributed by atoms with Gasteiger partial charge in [0.25, 0.3) is 5.69 Å². The zero-order chi connectivity index (χ0) is 15.4. The summed E-state index contributed by atoms with van der Waals surface area (Å²) in [5, 5.41) is 11.1. The van der Waals surface area contributed by atoms with Crippen molar-refractivity contribution in [3.8, 4) is 0 Å². The molecule has 0 heterocycles. The molecular weight excluding hydrogens is 294 g/mol. The number of carbonyl (C=O) groups is 1. The first-order chi connectivity index (χ1) is 10.0. The van der Waals surface area contributed by atoms with Crippen LogP contribution in [0.25, 0.3) is 0 Å². The highest BCUT2D eigenvalue weighted by Gasteiger charge is 2.30. The Morgan fingerprint density at radius 2 is 2.14 bits per heavy atom. The summed E-state index contributed by atoms with van der Waals surface area (Å²) in [6.45, 7) is 1.73. The number of hydrogen-bond acceptors (Lipinski definition) is 4. The molecule has 114 valence electrons. The van der Waals surface area contributed by atoms with Crippen LogP contribution in [0.1, 0.15) is 50.7 Å². The number of carbonyl (C=O) groups excluding carboxylic acids is 1.